The van der Waals surface area contributed by atoms with Gasteiger partial charge < -0.3 is 0 Å². The Balaban J connectivity index is 2.21. The van der Waals surface area contributed by atoms with E-state index in [1.807, 2.05) is 18.2 Å². The second kappa shape index (κ2) is 5.62. The minimum Gasteiger partial charge on any atom is -0.207 e. The lowest BCUT2D eigenvalue weighted by atomic mass is 10.0. The zero-order chi connectivity index (χ0) is 12.1. The van der Waals surface area contributed by atoms with Crippen molar-refractivity contribution in [1.29, 1.82) is 0 Å². The third kappa shape index (κ3) is 3.42. The Hall–Kier alpha value is -1.63. The summed E-state index contributed by atoms with van der Waals surface area (Å²) in [7, 11) is 0. The van der Waals surface area contributed by atoms with Gasteiger partial charge in [-0.1, -0.05) is 49.7 Å². The molecule has 0 aromatic heterocycles. The van der Waals surface area contributed by atoms with E-state index in [-0.39, 0.29) is 5.82 Å². The van der Waals surface area contributed by atoms with Gasteiger partial charge in [0, 0.05) is 0 Å². The first kappa shape index (κ1) is 11.8. The number of hydrogen-bond donors (Lipinski definition) is 0. The molecule has 0 fully saturated rings. The number of benzene rings is 2. The van der Waals surface area contributed by atoms with Crippen molar-refractivity contribution in [2.45, 2.75) is 26.2 Å². The summed E-state index contributed by atoms with van der Waals surface area (Å²) in [5.41, 5.74) is 3.37. The van der Waals surface area contributed by atoms with Crippen LogP contribution in [-0.4, -0.2) is 0 Å². The molecule has 88 valence electrons. The summed E-state index contributed by atoms with van der Waals surface area (Å²) in [6.07, 6.45) is 2.79. The van der Waals surface area contributed by atoms with Crippen LogP contribution in [0.4, 0.5) is 4.39 Å². The Morgan fingerprint density at radius 3 is 2.29 bits per heavy atom. The summed E-state index contributed by atoms with van der Waals surface area (Å²) in [4.78, 5) is 0. The number of hydrogen-bond acceptors (Lipinski definition) is 0. The van der Waals surface area contributed by atoms with Crippen molar-refractivity contribution >= 4 is 0 Å². The molecular formula is C16H17F. The fourth-order valence-electron chi connectivity index (χ4n) is 2.08. The Kier molecular flexibility index (Phi) is 3.92. The summed E-state index contributed by atoms with van der Waals surface area (Å²) in [6.45, 7) is 2.11. The molecule has 2 aromatic carbocycles. The highest BCUT2D eigenvalue weighted by atomic mass is 19.1. The van der Waals surface area contributed by atoms with Crippen LogP contribution in [0, 0.1) is 5.82 Å². The van der Waals surface area contributed by atoms with Gasteiger partial charge in [0.1, 0.15) is 5.82 Å². The summed E-state index contributed by atoms with van der Waals surface area (Å²) in [6, 6.07) is 15.6. The van der Waals surface area contributed by atoms with Gasteiger partial charge in [-0.3, -0.25) is 0 Å². The van der Waals surface area contributed by atoms with Crippen molar-refractivity contribution in [3.05, 3.63) is 71.0 Å². The maximum Gasteiger partial charge on any atom is 0.123 e. The minimum absolute atomic E-state index is 0.123. The monoisotopic (exact) mass is 228 g/mol. The highest BCUT2D eigenvalue weighted by molar-refractivity contribution is 5.30. The van der Waals surface area contributed by atoms with Gasteiger partial charge in [0.2, 0.25) is 0 Å². The van der Waals surface area contributed by atoms with Crippen LogP contribution in [0.15, 0.2) is 48.5 Å². The lowest BCUT2D eigenvalue weighted by molar-refractivity contribution is 0.623. The molecule has 0 amide bonds. The molecule has 0 saturated carbocycles. The van der Waals surface area contributed by atoms with Crippen molar-refractivity contribution < 1.29 is 4.39 Å². The standard InChI is InChI=1S/C16H17F/c1-2-6-14-10-15(12-16(17)11-14)9-13-7-4-3-5-8-13/h3-5,7-8,10-12H,2,6,9H2,1H3. The fraction of sp³-hybridized carbons (Fsp3) is 0.250. The minimum atomic E-state index is -0.123. The molecule has 2 rings (SSSR count). The Morgan fingerprint density at radius 1 is 0.882 bits per heavy atom. The van der Waals surface area contributed by atoms with Crippen LogP contribution in [-0.2, 0) is 12.8 Å². The van der Waals surface area contributed by atoms with Gasteiger partial charge in [-0.15, -0.1) is 0 Å². The highest BCUT2D eigenvalue weighted by Gasteiger charge is 2.01. The van der Waals surface area contributed by atoms with Crippen molar-refractivity contribution in [3.63, 3.8) is 0 Å². The molecule has 0 spiro atoms. The molecule has 1 heteroatoms. The second-order valence-electron chi connectivity index (χ2n) is 4.38. The fourth-order valence-corrected chi connectivity index (χ4v) is 2.08. The number of halogens is 1. The van der Waals surface area contributed by atoms with Gasteiger partial charge in [0.25, 0.3) is 0 Å². The van der Waals surface area contributed by atoms with E-state index in [2.05, 4.69) is 25.1 Å². The second-order valence-corrected chi connectivity index (χ2v) is 4.38. The van der Waals surface area contributed by atoms with Gasteiger partial charge in [0.05, 0.1) is 0 Å². The molecule has 0 unspecified atom stereocenters. The van der Waals surface area contributed by atoms with Crippen LogP contribution in [0.5, 0.6) is 0 Å². The first-order valence-corrected chi connectivity index (χ1v) is 6.10. The van der Waals surface area contributed by atoms with E-state index in [1.54, 1.807) is 12.1 Å². The predicted molar refractivity (Wildman–Crippen MR) is 69.6 cm³/mol. The predicted octanol–water partition coefficient (Wildman–Crippen LogP) is 4.37. The smallest absolute Gasteiger partial charge is 0.123 e. The van der Waals surface area contributed by atoms with Crippen LogP contribution < -0.4 is 0 Å². The van der Waals surface area contributed by atoms with E-state index in [0.717, 1.165) is 30.4 Å². The third-order valence-electron chi connectivity index (χ3n) is 2.81. The van der Waals surface area contributed by atoms with Gasteiger partial charge in [-0.05, 0) is 41.7 Å². The summed E-state index contributed by atoms with van der Waals surface area (Å²) < 4.78 is 13.5. The van der Waals surface area contributed by atoms with Gasteiger partial charge in [-0.2, -0.15) is 0 Å². The van der Waals surface area contributed by atoms with E-state index in [4.69, 9.17) is 0 Å². The van der Waals surface area contributed by atoms with Gasteiger partial charge in [-0.25, -0.2) is 4.39 Å². The third-order valence-corrected chi connectivity index (χ3v) is 2.81. The zero-order valence-corrected chi connectivity index (χ0v) is 10.1. The largest absolute Gasteiger partial charge is 0.207 e. The van der Waals surface area contributed by atoms with Crippen LogP contribution in [0.1, 0.15) is 30.0 Å². The first-order valence-electron chi connectivity index (χ1n) is 6.10. The molecule has 0 aliphatic rings. The molecule has 0 nitrogen and oxygen atoms in total. The molecule has 0 heterocycles. The van der Waals surface area contributed by atoms with Crippen molar-refractivity contribution in [3.8, 4) is 0 Å². The van der Waals surface area contributed by atoms with Gasteiger partial charge in [0.15, 0.2) is 0 Å². The van der Waals surface area contributed by atoms with Crippen LogP contribution in [0.3, 0.4) is 0 Å². The molecule has 2 aromatic rings. The lowest BCUT2D eigenvalue weighted by Crippen LogP contribution is -1.93. The molecule has 0 radical (unpaired) electrons. The normalized spacial score (nSPS) is 10.5. The van der Waals surface area contributed by atoms with Crippen LogP contribution in [0.2, 0.25) is 0 Å². The molecule has 0 aliphatic heterocycles. The van der Waals surface area contributed by atoms with Crippen LogP contribution in [0.25, 0.3) is 0 Å². The average molecular weight is 228 g/mol. The summed E-state index contributed by atoms with van der Waals surface area (Å²) in [5, 5.41) is 0. The van der Waals surface area contributed by atoms with E-state index in [0.29, 0.717) is 0 Å². The highest BCUT2D eigenvalue weighted by Crippen LogP contribution is 2.15. The van der Waals surface area contributed by atoms with Crippen molar-refractivity contribution in [2.75, 3.05) is 0 Å². The Morgan fingerprint density at radius 2 is 1.59 bits per heavy atom. The van der Waals surface area contributed by atoms with E-state index in [1.165, 1.54) is 5.56 Å². The van der Waals surface area contributed by atoms with Crippen molar-refractivity contribution in [1.82, 2.24) is 0 Å². The van der Waals surface area contributed by atoms with E-state index >= 15 is 0 Å². The van der Waals surface area contributed by atoms with Gasteiger partial charge >= 0.3 is 0 Å². The first-order chi connectivity index (χ1) is 8.28. The molecular weight excluding hydrogens is 211 g/mol. The number of aryl methyl sites for hydroxylation is 1. The van der Waals surface area contributed by atoms with Crippen LogP contribution >= 0.6 is 0 Å². The summed E-state index contributed by atoms with van der Waals surface area (Å²) >= 11 is 0. The summed E-state index contributed by atoms with van der Waals surface area (Å²) in [5.74, 6) is -0.123. The maximum absolute atomic E-state index is 13.5. The molecule has 0 N–H and O–H groups in total. The topological polar surface area (TPSA) is 0 Å². The SMILES string of the molecule is CCCc1cc(F)cc(Cc2ccccc2)c1. The Bertz CT molecular complexity index is 474. The molecule has 17 heavy (non-hydrogen) atoms. The van der Waals surface area contributed by atoms with E-state index in [9.17, 15) is 4.39 Å². The van der Waals surface area contributed by atoms with Crippen molar-refractivity contribution in [2.24, 2.45) is 0 Å². The zero-order valence-electron chi connectivity index (χ0n) is 10.1. The number of rotatable bonds is 4. The quantitative estimate of drug-likeness (QED) is 0.729. The molecule has 0 atom stereocenters. The molecule has 0 saturated heterocycles. The average Bonchev–Trinajstić information content (AvgIpc) is 2.30. The van der Waals surface area contributed by atoms with E-state index < -0.39 is 0 Å². The molecule has 0 bridgehead atoms. The molecule has 0 aliphatic carbocycles. The lowest BCUT2D eigenvalue weighted by Gasteiger charge is -2.06. The Labute approximate surface area is 102 Å². The maximum atomic E-state index is 13.5.